The highest BCUT2D eigenvalue weighted by Gasteiger charge is 2.29. The van der Waals surface area contributed by atoms with Crippen LogP contribution in [0.3, 0.4) is 0 Å². The quantitative estimate of drug-likeness (QED) is 0.784. The zero-order chi connectivity index (χ0) is 11.2. The van der Waals surface area contributed by atoms with Crippen molar-refractivity contribution in [3.63, 3.8) is 0 Å². The summed E-state index contributed by atoms with van der Waals surface area (Å²) in [5.41, 5.74) is 0.870. The smallest absolute Gasteiger partial charge is 0.178 e. The van der Waals surface area contributed by atoms with Crippen LogP contribution in [0.4, 0.5) is 5.82 Å². The summed E-state index contributed by atoms with van der Waals surface area (Å²) in [5, 5.41) is 13.1. The maximum absolute atomic E-state index is 4.70. The fourth-order valence-corrected chi connectivity index (χ4v) is 2.51. The third kappa shape index (κ3) is 1.49. The second-order valence-corrected chi connectivity index (χ2v) is 4.99. The average molecular weight is 229 g/mol. The Morgan fingerprint density at radius 1 is 1.06 bits per heavy atom. The molecule has 1 aliphatic heterocycles. The number of anilines is 1. The highest BCUT2D eigenvalue weighted by molar-refractivity contribution is 5.46. The standard InChI is InChI=1S/C12H15N5/c1-2-8-16(7-1)11-6-5-10-13-14-12(9-3-4-9)17(10)15-11/h5-6,9H,1-4,7-8H2. The normalized spacial score (nSPS) is 20.4. The number of hydrogen-bond acceptors (Lipinski definition) is 4. The molecule has 2 aromatic rings. The fourth-order valence-electron chi connectivity index (χ4n) is 2.51. The van der Waals surface area contributed by atoms with Gasteiger partial charge in [0.1, 0.15) is 5.82 Å². The molecule has 0 unspecified atom stereocenters. The zero-order valence-electron chi connectivity index (χ0n) is 9.71. The van der Waals surface area contributed by atoms with Crippen molar-refractivity contribution in [1.82, 2.24) is 19.8 Å². The fraction of sp³-hybridized carbons (Fsp3) is 0.583. The minimum Gasteiger partial charge on any atom is -0.355 e. The molecule has 2 aliphatic rings. The number of hydrogen-bond donors (Lipinski definition) is 0. The molecule has 0 amide bonds. The van der Waals surface area contributed by atoms with E-state index >= 15 is 0 Å². The van der Waals surface area contributed by atoms with Gasteiger partial charge in [0.15, 0.2) is 11.5 Å². The van der Waals surface area contributed by atoms with Crippen LogP contribution >= 0.6 is 0 Å². The zero-order valence-corrected chi connectivity index (χ0v) is 9.71. The number of rotatable bonds is 2. The van der Waals surface area contributed by atoms with Crippen molar-refractivity contribution in [3.05, 3.63) is 18.0 Å². The van der Waals surface area contributed by atoms with E-state index in [-0.39, 0.29) is 0 Å². The van der Waals surface area contributed by atoms with Gasteiger partial charge >= 0.3 is 0 Å². The van der Waals surface area contributed by atoms with E-state index < -0.39 is 0 Å². The lowest BCUT2D eigenvalue weighted by Crippen LogP contribution is -2.20. The Bertz CT molecular complexity index is 551. The lowest BCUT2D eigenvalue weighted by atomic mass is 10.4. The topological polar surface area (TPSA) is 46.3 Å². The Kier molecular flexibility index (Phi) is 1.89. The largest absolute Gasteiger partial charge is 0.355 e. The summed E-state index contributed by atoms with van der Waals surface area (Å²) in [7, 11) is 0. The molecule has 0 radical (unpaired) electrons. The molecule has 17 heavy (non-hydrogen) atoms. The Labute approximate surface area is 99.4 Å². The van der Waals surface area contributed by atoms with Crippen LogP contribution in [0.25, 0.3) is 5.65 Å². The van der Waals surface area contributed by atoms with Crippen molar-refractivity contribution in [3.8, 4) is 0 Å². The molecule has 0 atom stereocenters. The maximum atomic E-state index is 4.70. The van der Waals surface area contributed by atoms with Crippen LogP contribution < -0.4 is 4.90 Å². The van der Waals surface area contributed by atoms with Gasteiger partial charge in [-0.2, -0.15) is 4.52 Å². The molecular weight excluding hydrogens is 214 g/mol. The van der Waals surface area contributed by atoms with Gasteiger partial charge in [0.25, 0.3) is 0 Å². The Morgan fingerprint density at radius 2 is 1.88 bits per heavy atom. The first kappa shape index (κ1) is 9.39. The van der Waals surface area contributed by atoms with Gasteiger partial charge in [-0.1, -0.05) is 0 Å². The molecule has 3 heterocycles. The Morgan fingerprint density at radius 3 is 2.65 bits per heavy atom. The van der Waals surface area contributed by atoms with E-state index in [2.05, 4.69) is 21.2 Å². The summed E-state index contributed by atoms with van der Waals surface area (Å²) in [6.45, 7) is 2.25. The van der Waals surface area contributed by atoms with E-state index in [0.717, 1.165) is 30.4 Å². The van der Waals surface area contributed by atoms with E-state index in [4.69, 9.17) is 5.10 Å². The van der Waals surface area contributed by atoms with Crippen LogP contribution in [0.5, 0.6) is 0 Å². The van der Waals surface area contributed by atoms with Crippen molar-refractivity contribution in [1.29, 1.82) is 0 Å². The number of aromatic nitrogens is 4. The summed E-state index contributed by atoms with van der Waals surface area (Å²) in [5.74, 6) is 2.70. The summed E-state index contributed by atoms with van der Waals surface area (Å²) < 4.78 is 1.94. The first-order chi connectivity index (χ1) is 8.42. The predicted octanol–water partition coefficient (Wildman–Crippen LogP) is 1.60. The molecule has 1 aliphatic carbocycles. The maximum Gasteiger partial charge on any atom is 0.178 e. The van der Waals surface area contributed by atoms with Crippen LogP contribution in [0.2, 0.25) is 0 Å². The van der Waals surface area contributed by atoms with Crippen LogP contribution in [0.1, 0.15) is 37.4 Å². The number of fused-ring (bicyclic) bond motifs is 1. The van der Waals surface area contributed by atoms with Crippen LogP contribution in [-0.4, -0.2) is 32.9 Å². The lowest BCUT2D eigenvalue weighted by Gasteiger charge is -2.15. The van der Waals surface area contributed by atoms with Crippen LogP contribution in [0.15, 0.2) is 12.1 Å². The molecule has 5 nitrogen and oxygen atoms in total. The van der Waals surface area contributed by atoms with Gasteiger partial charge in [-0.15, -0.1) is 15.3 Å². The summed E-state index contributed by atoms with van der Waals surface area (Å²) >= 11 is 0. The third-order valence-electron chi connectivity index (χ3n) is 3.65. The summed E-state index contributed by atoms with van der Waals surface area (Å²) in [4.78, 5) is 2.34. The van der Waals surface area contributed by atoms with Gasteiger partial charge in [0.05, 0.1) is 0 Å². The van der Waals surface area contributed by atoms with E-state index in [9.17, 15) is 0 Å². The molecule has 0 aromatic carbocycles. The van der Waals surface area contributed by atoms with Crippen LogP contribution in [0, 0.1) is 0 Å². The Hall–Kier alpha value is -1.65. The molecule has 0 N–H and O–H groups in total. The molecule has 1 saturated heterocycles. The van der Waals surface area contributed by atoms with Gasteiger partial charge in [-0.3, -0.25) is 0 Å². The van der Waals surface area contributed by atoms with Gasteiger partial charge in [0, 0.05) is 19.0 Å². The molecule has 2 aromatic heterocycles. The summed E-state index contributed by atoms with van der Waals surface area (Å²) in [6, 6.07) is 4.09. The summed E-state index contributed by atoms with van der Waals surface area (Å²) in [6.07, 6.45) is 5.02. The molecule has 88 valence electrons. The van der Waals surface area contributed by atoms with Crippen molar-refractivity contribution in [2.75, 3.05) is 18.0 Å². The monoisotopic (exact) mass is 229 g/mol. The Balaban J connectivity index is 1.80. The first-order valence-electron chi connectivity index (χ1n) is 6.39. The molecule has 2 fully saturated rings. The van der Waals surface area contributed by atoms with Crippen molar-refractivity contribution in [2.24, 2.45) is 0 Å². The molecular formula is C12H15N5. The SMILES string of the molecule is c1cc2nnc(C3CC3)n2nc1N1CCCC1. The van der Waals surface area contributed by atoms with Crippen molar-refractivity contribution in [2.45, 2.75) is 31.6 Å². The molecule has 0 spiro atoms. The predicted molar refractivity (Wildman–Crippen MR) is 64.2 cm³/mol. The third-order valence-corrected chi connectivity index (χ3v) is 3.65. The van der Waals surface area contributed by atoms with Crippen molar-refractivity contribution < 1.29 is 0 Å². The minimum absolute atomic E-state index is 0.589. The van der Waals surface area contributed by atoms with E-state index in [1.807, 2.05) is 10.6 Å². The molecule has 4 rings (SSSR count). The molecule has 1 saturated carbocycles. The second kappa shape index (κ2) is 3.42. The molecule has 0 bridgehead atoms. The highest BCUT2D eigenvalue weighted by Crippen LogP contribution is 2.38. The highest BCUT2D eigenvalue weighted by atomic mass is 15.4. The van der Waals surface area contributed by atoms with Gasteiger partial charge in [-0.25, -0.2) is 0 Å². The average Bonchev–Trinajstić information content (AvgIpc) is 2.93. The molecule has 5 heteroatoms. The number of nitrogens with zero attached hydrogens (tertiary/aromatic N) is 5. The van der Waals surface area contributed by atoms with E-state index in [1.165, 1.54) is 25.7 Å². The van der Waals surface area contributed by atoms with E-state index in [1.54, 1.807) is 0 Å². The van der Waals surface area contributed by atoms with Gasteiger partial charge in [-0.05, 0) is 37.8 Å². The lowest BCUT2D eigenvalue weighted by molar-refractivity contribution is 0.794. The first-order valence-corrected chi connectivity index (χ1v) is 6.39. The van der Waals surface area contributed by atoms with Crippen LogP contribution in [-0.2, 0) is 0 Å². The van der Waals surface area contributed by atoms with Crippen molar-refractivity contribution >= 4 is 11.5 Å². The minimum atomic E-state index is 0.589. The second-order valence-electron chi connectivity index (χ2n) is 4.99. The van der Waals surface area contributed by atoms with Gasteiger partial charge in [0.2, 0.25) is 0 Å². The van der Waals surface area contributed by atoms with Gasteiger partial charge < -0.3 is 4.90 Å². The van der Waals surface area contributed by atoms with E-state index in [0.29, 0.717) is 5.92 Å².